The van der Waals surface area contributed by atoms with E-state index in [9.17, 15) is 18.0 Å². The fraction of sp³-hybridized carbons (Fsp3) is 0.353. The average Bonchev–Trinajstić information content (AvgIpc) is 2.35. The molecule has 0 aliphatic heterocycles. The lowest BCUT2D eigenvalue weighted by molar-refractivity contribution is -0.137. The van der Waals surface area contributed by atoms with Crippen LogP contribution < -0.4 is 5.32 Å². The molecule has 1 aromatic rings. The molecule has 2 rings (SSSR count). The van der Waals surface area contributed by atoms with Crippen LogP contribution in [0.5, 0.6) is 0 Å². The van der Waals surface area contributed by atoms with Crippen LogP contribution in [0.25, 0.3) is 0 Å². The Bertz CT molecular complexity index is 627. The third-order valence-corrected chi connectivity index (χ3v) is 3.42. The van der Waals surface area contributed by atoms with E-state index in [2.05, 4.69) is 5.32 Å². The quantitative estimate of drug-likeness (QED) is 0.856. The highest BCUT2D eigenvalue weighted by Crippen LogP contribution is 2.34. The molecule has 0 saturated carbocycles. The molecule has 0 unspecified atom stereocenters. The molecule has 1 aliphatic carbocycles. The van der Waals surface area contributed by atoms with Crippen molar-refractivity contribution in [1.29, 1.82) is 0 Å². The van der Waals surface area contributed by atoms with Crippen LogP contribution in [-0.2, 0) is 11.0 Å². The lowest BCUT2D eigenvalue weighted by Crippen LogP contribution is -2.21. The van der Waals surface area contributed by atoms with Crippen molar-refractivity contribution in [3.05, 3.63) is 53.8 Å². The first-order valence-corrected chi connectivity index (χ1v) is 6.99. The normalized spacial score (nSPS) is 18.4. The summed E-state index contributed by atoms with van der Waals surface area (Å²) in [6, 6.07) is 4.99. The third-order valence-electron chi connectivity index (χ3n) is 3.42. The van der Waals surface area contributed by atoms with Crippen LogP contribution in [0.1, 0.15) is 32.3 Å². The van der Waals surface area contributed by atoms with Crippen LogP contribution in [0, 0.1) is 5.41 Å². The fourth-order valence-electron chi connectivity index (χ4n) is 2.53. The van der Waals surface area contributed by atoms with E-state index < -0.39 is 11.7 Å². The summed E-state index contributed by atoms with van der Waals surface area (Å²) in [6.45, 7) is 4.04. The predicted molar refractivity (Wildman–Crippen MR) is 80.3 cm³/mol. The second kappa shape index (κ2) is 5.99. The van der Waals surface area contributed by atoms with E-state index in [4.69, 9.17) is 0 Å². The summed E-state index contributed by atoms with van der Waals surface area (Å²) in [5, 5.41) is 2.81. The molecule has 0 amide bonds. The Balaban J connectivity index is 2.06. The van der Waals surface area contributed by atoms with Gasteiger partial charge in [-0.1, -0.05) is 19.9 Å². The number of nitrogens with one attached hydrogen (secondary N) is 1. The zero-order valence-electron chi connectivity index (χ0n) is 12.5. The summed E-state index contributed by atoms with van der Waals surface area (Å²) >= 11 is 0. The molecule has 0 heterocycles. The molecule has 0 aromatic heterocycles. The maximum Gasteiger partial charge on any atom is 0.416 e. The van der Waals surface area contributed by atoms with Crippen molar-refractivity contribution in [1.82, 2.24) is 0 Å². The molecule has 1 N–H and O–H groups in total. The first kappa shape index (κ1) is 16.3. The number of anilines is 1. The molecule has 0 bridgehead atoms. The van der Waals surface area contributed by atoms with Gasteiger partial charge in [0, 0.05) is 18.3 Å². The van der Waals surface area contributed by atoms with E-state index >= 15 is 0 Å². The molecule has 1 aliphatic rings. The summed E-state index contributed by atoms with van der Waals surface area (Å²) in [5.74, 6) is 0.0787. The molecule has 0 saturated heterocycles. The minimum atomic E-state index is -4.36. The maximum absolute atomic E-state index is 12.6. The Morgan fingerprint density at radius 1 is 1.23 bits per heavy atom. The topological polar surface area (TPSA) is 29.1 Å². The van der Waals surface area contributed by atoms with Crippen molar-refractivity contribution in [2.45, 2.75) is 32.9 Å². The Labute approximate surface area is 127 Å². The van der Waals surface area contributed by atoms with Crippen molar-refractivity contribution >= 4 is 11.5 Å². The highest BCUT2D eigenvalue weighted by molar-refractivity contribution is 5.92. The van der Waals surface area contributed by atoms with Gasteiger partial charge in [0.05, 0.1) is 5.56 Å². The highest BCUT2D eigenvalue weighted by Gasteiger charge is 2.30. The number of halogens is 3. The van der Waals surface area contributed by atoms with Crippen molar-refractivity contribution < 1.29 is 18.0 Å². The van der Waals surface area contributed by atoms with Gasteiger partial charge in [-0.3, -0.25) is 4.79 Å². The SMILES string of the molecule is CC1(C)CC(=O)C=C(/C=C/Nc2cccc(C(F)(F)F)c2)C1. The van der Waals surface area contributed by atoms with Crippen LogP contribution in [0.3, 0.4) is 0 Å². The minimum Gasteiger partial charge on any atom is -0.362 e. The second-order valence-electron chi connectivity index (χ2n) is 6.26. The van der Waals surface area contributed by atoms with Crippen LogP contribution in [0.2, 0.25) is 0 Å². The average molecular weight is 309 g/mol. The Kier molecular flexibility index (Phi) is 4.44. The number of hydrogen-bond acceptors (Lipinski definition) is 2. The van der Waals surface area contributed by atoms with Gasteiger partial charge in [0.2, 0.25) is 0 Å². The molecule has 5 heteroatoms. The molecule has 0 radical (unpaired) electrons. The van der Waals surface area contributed by atoms with E-state index in [1.165, 1.54) is 6.07 Å². The molecule has 0 spiro atoms. The number of ketones is 1. The first-order chi connectivity index (χ1) is 10.2. The van der Waals surface area contributed by atoms with Crippen molar-refractivity contribution in [2.24, 2.45) is 5.41 Å². The van der Waals surface area contributed by atoms with Gasteiger partial charge in [-0.15, -0.1) is 0 Å². The smallest absolute Gasteiger partial charge is 0.362 e. The van der Waals surface area contributed by atoms with E-state index in [1.54, 1.807) is 24.4 Å². The number of alkyl halides is 3. The summed E-state index contributed by atoms with van der Waals surface area (Å²) in [6.07, 6.45) is 1.82. The van der Waals surface area contributed by atoms with Gasteiger partial charge in [0.1, 0.15) is 0 Å². The molecular formula is C17H18F3NO. The highest BCUT2D eigenvalue weighted by atomic mass is 19.4. The number of allylic oxidation sites excluding steroid dienone is 3. The molecule has 0 atom stereocenters. The standard InChI is InChI=1S/C17H18F3NO/c1-16(2)10-12(8-15(22)11-16)6-7-21-14-5-3-4-13(9-14)17(18,19)20/h3-9,21H,10-11H2,1-2H3/b7-6+. The third kappa shape index (κ3) is 4.48. The summed E-state index contributed by atoms with van der Waals surface area (Å²) in [5.41, 5.74) is 0.453. The van der Waals surface area contributed by atoms with Crippen LogP contribution in [-0.4, -0.2) is 5.78 Å². The summed E-state index contributed by atoms with van der Waals surface area (Å²) in [7, 11) is 0. The van der Waals surface area contributed by atoms with E-state index in [0.29, 0.717) is 12.1 Å². The number of benzene rings is 1. The maximum atomic E-state index is 12.6. The molecule has 2 nitrogen and oxygen atoms in total. The fourth-order valence-corrected chi connectivity index (χ4v) is 2.53. The van der Waals surface area contributed by atoms with Crippen LogP contribution in [0.15, 0.2) is 48.2 Å². The van der Waals surface area contributed by atoms with Gasteiger partial charge >= 0.3 is 6.18 Å². The van der Waals surface area contributed by atoms with Crippen molar-refractivity contribution in [2.75, 3.05) is 5.32 Å². The second-order valence-corrected chi connectivity index (χ2v) is 6.26. The van der Waals surface area contributed by atoms with Crippen molar-refractivity contribution in [3.63, 3.8) is 0 Å². The van der Waals surface area contributed by atoms with Crippen LogP contribution >= 0.6 is 0 Å². The lowest BCUT2D eigenvalue weighted by Gasteiger charge is -2.27. The molecule has 0 fully saturated rings. The van der Waals surface area contributed by atoms with Gasteiger partial charge < -0.3 is 5.32 Å². The molecular weight excluding hydrogens is 291 g/mol. The Morgan fingerprint density at radius 3 is 2.59 bits per heavy atom. The van der Waals surface area contributed by atoms with Gasteiger partial charge in [0.25, 0.3) is 0 Å². The lowest BCUT2D eigenvalue weighted by atomic mass is 9.77. The molecule has 1 aromatic carbocycles. The van der Waals surface area contributed by atoms with E-state index in [1.807, 2.05) is 13.8 Å². The van der Waals surface area contributed by atoms with Gasteiger partial charge in [-0.05, 0) is 47.8 Å². The van der Waals surface area contributed by atoms with E-state index in [0.717, 1.165) is 24.1 Å². The monoisotopic (exact) mass is 309 g/mol. The van der Waals surface area contributed by atoms with Gasteiger partial charge in [0.15, 0.2) is 5.78 Å². The molecule has 22 heavy (non-hydrogen) atoms. The van der Waals surface area contributed by atoms with Gasteiger partial charge in [-0.2, -0.15) is 13.2 Å². The van der Waals surface area contributed by atoms with Crippen LogP contribution in [0.4, 0.5) is 18.9 Å². The van der Waals surface area contributed by atoms with Crippen molar-refractivity contribution in [3.8, 4) is 0 Å². The number of carbonyl (C=O) groups excluding carboxylic acids is 1. The zero-order valence-corrected chi connectivity index (χ0v) is 12.5. The summed E-state index contributed by atoms with van der Waals surface area (Å²) < 4.78 is 37.9. The number of hydrogen-bond donors (Lipinski definition) is 1. The predicted octanol–water partition coefficient (Wildman–Crippen LogP) is 4.95. The Morgan fingerprint density at radius 2 is 1.95 bits per heavy atom. The van der Waals surface area contributed by atoms with E-state index in [-0.39, 0.29) is 11.2 Å². The number of carbonyl (C=O) groups is 1. The zero-order chi connectivity index (χ0) is 16.4. The largest absolute Gasteiger partial charge is 0.416 e. The van der Waals surface area contributed by atoms with Gasteiger partial charge in [-0.25, -0.2) is 0 Å². The Hall–Kier alpha value is -2.04. The molecule has 118 valence electrons. The first-order valence-electron chi connectivity index (χ1n) is 6.99. The number of rotatable bonds is 3. The minimum absolute atomic E-state index is 0.0787. The summed E-state index contributed by atoms with van der Waals surface area (Å²) in [4.78, 5) is 11.6.